The summed E-state index contributed by atoms with van der Waals surface area (Å²) >= 11 is 0. The van der Waals surface area contributed by atoms with Crippen molar-refractivity contribution in [2.75, 3.05) is 19.5 Å². The Hall–Kier alpha value is -1.71. The van der Waals surface area contributed by atoms with Crippen LogP contribution in [-0.2, 0) is 9.53 Å². The molecule has 1 aromatic rings. The Balaban J connectivity index is 2.24. The second-order valence-electron chi connectivity index (χ2n) is 3.91. The summed E-state index contributed by atoms with van der Waals surface area (Å²) in [6.07, 6.45) is 1.21. The number of hydrogen-bond donors (Lipinski definition) is 1. The standard InChI is InChI=1S/C12H15NO3/c1-15-12(14)6-8-4-5-16-11-3-2-9(13)7-10(8)11/h2-3,7-8H,4-6,13H2,1H3. The molecular formula is C12H15NO3. The number of anilines is 1. The van der Waals surface area contributed by atoms with Crippen molar-refractivity contribution in [2.24, 2.45) is 0 Å². The predicted octanol–water partition coefficient (Wildman–Crippen LogP) is 1.70. The topological polar surface area (TPSA) is 61.5 Å². The predicted molar refractivity (Wildman–Crippen MR) is 60.3 cm³/mol. The van der Waals surface area contributed by atoms with Gasteiger partial charge in [-0.25, -0.2) is 0 Å². The van der Waals surface area contributed by atoms with Gasteiger partial charge in [0.15, 0.2) is 0 Å². The first-order valence-electron chi connectivity index (χ1n) is 5.29. The minimum atomic E-state index is -0.194. The molecule has 16 heavy (non-hydrogen) atoms. The van der Waals surface area contributed by atoms with Crippen molar-refractivity contribution in [2.45, 2.75) is 18.8 Å². The van der Waals surface area contributed by atoms with Crippen LogP contribution in [0.5, 0.6) is 5.75 Å². The first kappa shape index (κ1) is 10.8. The van der Waals surface area contributed by atoms with Gasteiger partial charge >= 0.3 is 5.97 Å². The van der Waals surface area contributed by atoms with E-state index in [1.54, 1.807) is 6.07 Å². The number of benzene rings is 1. The van der Waals surface area contributed by atoms with Gasteiger partial charge in [0.1, 0.15) is 5.75 Å². The number of ether oxygens (including phenoxy) is 2. The summed E-state index contributed by atoms with van der Waals surface area (Å²) in [5.74, 6) is 0.786. The smallest absolute Gasteiger partial charge is 0.306 e. The molecule has 86 valence electrons. The van der Waals surface area contributed by atoms with Crippen molar-refractivity contribution in [1.82, 2.24) is 0 Å². The monoisotopic (exact) mass is 221 g/mol. The molecule has 0 saturated heterocycles. The van der Waals surface area contributed by atoms with Gasteiger partial charge in [-0.2, -0.15) is 0 Å². The molecule has 1 atom stereocenters. The molecule has 0 saturated carbocycles. The number of methoxy groups -OCH3 is 1. The average Bonchev–Trinajstić information content (AvgIpc) is 2.29. The number of esters is 1. The molecule has 2 N–H and O–H groups in total. The van der Waals surface area contributed by atoms with Crippen molar-refractivity contribution in [3.8, 4) is 5.75 Å². The summed E-state index contributed by atoms with van der Waals surface area (Å²) in [7, 11) is 1.40. The van der Waals surface area contributed by atoms with Gasteiger partial charge < -0.3 is 15.2 Å². The Morgan fingerprint density at radius 3 is 3.19 bits per heavy atom. The van der Waals surface area contributed by atoms with Crippen LogP contribution in [0, 0.1) is 0 Å². The fraction of sp³-hybridized carbons (Fsp3) is 0.417. The van der Waals surface area contributed by atoms with Gasteiger partial charge in [0, 0.05) is 11.6 Å². The molecule has 4 nitrogen and oxygen atoms in total. The molecule has 0 spiro atoms. The molecule has 2 rings (SSSR count). The van der Waals surface area contributed by atoms with E-state index >= 15 is 0 Å². The number of carbonyl (C=O) groups is 1. The maximum Gasteiger partial charge on any atom is 0.306 e. The maximum atomic E-state index is 11.3. The van der Waals surface area contributed by atoms with E-state index in [1.165, 1.54) is 7.11 Å². The Labute approximate surface area is 94.3 Å². The number of hydrogen-bond acceptors (Lipinski definition) is 4. The summed E-state index contributed by atoms with van der Waals surface area (Å²) < 4.78 is 10.2. The molecule has 0 aliphatic carbocycles. The number of carbonyl (C=O) groups excluding carboxylic acids is 1. The lowest BCUT2D eigenvalue weighted by molar-refractivity contribution is -0.141. The summed E-state index contributed by atoms with van der Waals surface area (Å²) in [6, 6.07) is 5.54. The van der Waals surface area contributed by atoms with Gasteiger partial charge in [0.25, 0.3) is 0 Å². The van der Waals surface area contributed by atoms with Crippen molar-refractivity contribution >= 4 is 11.7 Å². The molecule has 1 aliphatic heterocycles. The van der Waals surface area contributed by atoms with E-state index in [0.29, 0.717) is 18.7 Å². The van der Waals surface area contributed by atoms with Crippen molar-refractivity contribution < 1.29 is 14.3 Å². The fourth-order valence-electron chi connectivity index (χ4n) is 1.98. The molecule has 1 unspecified atom stereocenters. The number of fused-ring (bicyclic) bond motifs is 1. The second-order valence-corrected chi connectivity index (χ2v) is 3.91. The lowest BCUT2D eigenvalue weighted by atomic mass is 9.90. The van der Waals surface area contributed by atoms with Gasteiger partial charge in [0.2, 0.25) is 0 Å². The Kier molecular flexibility index (Phi) is 2.99. The number of rotatable bonds is 2. The Morgan fingerprint density at radius 1 is 1.62 bits per heavy atom. The SMILES string of the molecule is COC(=O)CC1CCOc2ccc(N)cc21. The zero-order chi connectivity index (χ0) is 11.5. The Morgan fingerprint density at radius 2 is 2.44 bits per heavy atom. The highest BCUT2D eigenvalue weighted by Gasteiger charge is 2.24. The summed E-state index contributed by atoms with van der Waals surface area (Å²) in [6.45, 7) is 0.637. The summed E-state index contributed by atoms with van der Waals surface area (Å²) in [5.41, 5.74) is 7.44. The van der Waals surface area contributed by atoms with Crippen LogP contribution in [0.15, 0.2) is 18.2 Å². The highest BCUT2D eigenvalue weighted by Crippen LogP contribution is 2.36. The lowest BCUT2D eigenvalue weighted by Gasteiger charge is -2.25. The molecule has 0 aromatic heterocycles. The van der Waals surface area contributed by atoms with Gasteiger partial charge in [0.05, 0.1) is 20.1 Å². The third-order valence-corrected chi connectivity index (χ3v) is 2.84. The lowest BCUT2D eigenvalue weighted by Crippen LogP contribution is -2.17. The minimum absolute atomic E-state index is 0.152. The highest BCUT2D eigenvalue weighted by atomic mass is 16.5. The third kappa shape index (κ3) is 2.10. The van der Waals surface area contributed by atoms with Crippen LogP contribution in [0.3, 0.4) is 0 Å². The first-order valence-corrected chi connectivity index (χ1v) is 5.29. The number of nitrogen functional groups attached to an aromatic ring is 1. The number of nitrogens with two attached hydrogens (primary N) is 1. The van der Waals surface area contributed by atoms with Crippen LogP contribution in [0.4, 0.5) is 5.69 Å². The molecule has 0 bridgehead atoms. The minimum Gasteiger partial charge on any atom is -0.493 e. The van der Waals surface area contributed by atoms with E-state index in [0.717, 1.165) is 17.7 Å². The van der Waals surface area contributed by atoms with Crippen LogP contribution in [0.25, 0.3) is 0 Å². The molecule has 0 fully saturated rings. The Bertz CT molecular complexity index is 403. The average molecular weight is 221 g/mol. The van der Waals surface area contributed by atoms with Crippen LogP contribution >= 0.6 is 0 Å². The zero-order valence-corrected chi connectivity index (χ0v) is 9.23. The molecule has 4 heteroatoms. The molecule has 0 radical (unpaired) electrons. The summed E-state index contributed by atoms with van der Waals surface area (Å²) in [5, 5.41) is 0. The van der Waals surface area contributed by atoms with Gasteiger partial charge in [-0.3, -0.25) is 4.79 Å². The molecule has 0 amide bonds. The van der Waals surface area contributed by atoms with Gasteiger partial charge in [-0.15, -0.1) is 0 Å². The largest absolute Gasteiger partial charge is 0.493 e. The summed E-state index contributed by atoms with van der Waals surface area (Å²) in [4.78, 5) is 11.3. The van der Waals surface area contributed by atoms with Gasteiger partial charge in [-0.05, 0) is 30.2 Å². The van der Waals surface area contributed by atoms with E-state index in [9.17, 15) is 4.79 Å². The fourth-order valence-corrected chi connectivity index (χ4v) is 1.98. The molecular weight excluding hydrogens is 206 g/mol. The van der Waals surface area contributed by atoms with Crippen LogP contribution < -0.4 is 10.5 Å². The molecule has 1 heterocycles. The maximum absolute atomic E-state index is 11.3. The molecule has 1 aromatic carbocycles. The van der Waals surface area contributed by atoms with E-state index in [2.05, 4.69) is 4.74 Å². The first-order chi connectivity index (χ1) is 7.70. The second kappa shape index (κ2) is 4.43. The van der Waals surface area contributed by atoms with Crippen molar-refractivity contribution in [1.29, 1.82) is 0 Å². The van der Waals surface area contributed by atoms with E-state index < -0.39 is 0 Å². The van der Waals surface area contributed by atoms with Crippen molar-refractivity contribution in [3.63, 3.8) is 0 Å². The van der Waals surface area contributed by atoms with Crippen LogP contribution in [0.1, 0.15) is 24.3 Å². The van der Waals surface area contributed by atoms with E-state index in [1.807, 2.05) is 12.1 Å². The molecule has 1 aliphatic rings. The van der Waals surface area contributed by atoms with Gasteiger partial charge in [-0.1, -0.05) is 0 Å². The van der Waals surface area contributed by atoms with E-state index in [-0.39, 0.29) is 11.9 Å². The van der Waals surface area contributed by atoms with Crippen LogP contribution in [-0.4, -0.2) is 19.7 Å². The third-order valence-electron chi connectivity index (χ3n) is 2.84. The van der Waals surface area contributed by atoms with Crippen molar-refractivity contribution in [3.05, 3.63) is 23.8 Å². The van der Waals surface area contributed by atoms with Crippen LogP contribution in [0.2, 0.25) is 0 Å². The zero-order valence-electron chi connectivity index (χ0n) is 9.23. The van der Waals surface area contributed by atoms with E-state index in [4.69, 9.17) is 10.5 Å². The normalized spacial score (nSPS) is 18.4. The quantitative estimate of drug-likeness (QED) is 0.610. The highest BCUT2D eigenvalue weighted by molar-refractivity contribution is 5.71.